The Balaban J connectivity index is 2.12. The zero-order chi connectivity index (χ0) is 9.26. The van der Waals surface area contributed by atoms with E-state index in [0.717, 1.165) is 23.2 Å². The van der Waals surface area contributed by atoms with Crippen LogP contribution < -0.4 is 0 Å². The van der Waals surface area contributed by atoms with Crippen LogP contribution in [0.25, 0.3) is 0 Å². The van der Waals surface area contributed by atoms with Gasteiger partial charge in [0.2, 0.25) is 0 Å². The third-order valence-electron chi connectivity index (χ3n) is 2.29. The van der Waals surface area contributed by atoms with E-state index in [1.807, 2.05) is 6.20 Å². The normalized spacial score (nSPS) is 25.7. The number of halogens is 1. The van der Waals surface area contributed by atoms with Crippen LogP contribution in [-0.4, -0.2) is 15.6 Å². The Kier molecular flexibility index (Phi) is 2.49. The van der Waals surface area contributed by atoms with Crippen LogP contribution in [0.2, 0.25) is 0 Å². The maximum Gasteiger partial charge on any atom is 0.0654 e. The SMILES string of the molecule is CC1CC/C(=N/n2cc(Br)cn2)C1. The average Bonchev–Trinajstić information content (AvgIpc) is 2.62. The maximum absolute atomic E-state index is 4.42. The molecule has 1 atom stereocenters. The Morgan fingerprint density at radius 1 is 1.69 bits per heavy atom. The molecule has 1 saturated carbocycles. The molecule has 1 aromatic heterocycles. The van der Waals surface area contributed by atoms with Crippen molar-refractivity contribution < 1.29 is 0 Å². The number of hydrogen-bond donors (Lipinski definition) is 0. The average molecular weight is 242 g/mol. The molecule has 0 saturated heterocycles. The van der Waals surface area contributed by atoms with E-state index in [1.54, 1.807) is 11.0 Å². The van der Waals surface area contributed by atoms with E-state index in [0.29, 0.717) is 0 Å². The number of nitrogens with zero attached hydrogens (tertiary/aromatic N) is 3. The fourth-order valence-electron chi connectivity index (χ4n) is 1.60. The Morgan fingerprint density at radius 3 is 3.08 bits per heavy atom. The third kappa shape index (κ3) is 2.18. The summed E-state index contributed by atoms with van der Waals surface area (Å²) in [5, 5.41) is 8.51. The van der Waals surface area contributed by atoms with Crippen molar-refractivity contribution in [2.24, 2.45) is 11.0 Å². The van der Waals surface area contributed by atoms with Crippen LogP contribution >= 0.6 is 15.9 Å². The molecular formula is C9H12BrN3. The molecule has 3 nitrogen and oxygen atoms in total. The summed E-state index contributed by atoms with van der Waals surface area (Å²) in [5.41, 5.74) is 1.27. The van der Waals surface area contributed by atoms with E-state index < -0.39 is 0 Å². The van der Waals surface area contributed by atoms with Crippen LogP contribution in [0.4, 0.5) is 0 Å². The summed E-state index contributed by atoms with van der Waals surface area (Å²) in [5.74, 6) is 0.790. The summed E-state index contributed by atoms with van der Waals surface area (Å²) in [7, 11) is 0. The van der Waals surface area contributed by atoms with Crippen LogP contribution in [0, 0.1) is 5.92 Å². The van der Waals surface area contributed by atoms with Crippen LogP contribution in [0.15, 0.2) is 22.0 Å². The monoisotopic (exact) mass is 241 g/mol. The summed E-state index contributed by atoms with van der Waals surface area (Å²) in [6, 6.07) is 0. The van der Waals surface area contributed by atoms with Gasteiger partial charge in [-0.3, -0.25) is 0 Å². The van der Waals surface area contributed by atoms with E-state index >= 15 is 0 Å². The van der Waals surface area contributed by atoms with Crippen LogP contribution in [0.5, 0.6) is 0 Å². The fraction of sp³-hybridized carbons (Fsp3) is 0.556. The second-order valence-electron chi connectivity index (χ2n) is 3.59. The molecule has 70 valence electrons. The van der Waals surface area contributed by atoms with Crippen LogP contribution in [0.1, 0.15) is 26.2 Å². The first-order valence-electron chi connectivity index (χ1n) is 4.51. The number of rotatable bonds is 1. The van der Waals surface area contributed by atoms with Gasteiger partial charge in [-0.15, -0.1) is 0 Å². The highest BCUT2D eigenvalue weighted by Gasteiger charge is 2.16. The summed E-state index contributed by atoms with van der Waals surface area (Å²) in [6.07, 6.45) is 7.13. The van der Waals surface area contributed by atoms with Crippen molar-refractivity contribution in [1.82, 2.24) is 9.89 Å². The highest BCUT2D eigenvalue weighted by Crippen LogP contribution is 2.22. The quantitative estimate of drug-likeness (QED) is 0.744. The predicted molar refractivity (Wildman–Crippen MR) is 55.8 cm³/mol. The molecule has 13 heavy (non-hydrogen) atoms. The van der Waals surface area contributed by atoms with Crippen LogP contribution in [-0.2, 0) is 0 Å². The fourth-order valence-corrected chi connectivity index (χ4v) is 1.88. The number of aromatic nitrogens is 2. The number of hydrogen-bond acceptors (Lipinski definition) is 2. The molecule has 1 heterocycles. The van der Waals surface area contributed by atoms with Crippen molar-refractivity contribution in [3.63, 3.8) is 0 Å². The standard InChI is InChI=1S/C9H12BrN3/c1-7-2-3-9(4-7)12-13-6-8(10)5-11-13/h5-7H,2-4H2,1H3/b12-9-. The smallest absolute Gasteiger partial charge is 0.0654 e. The van der Waals surface area contributed by atoms with Crippen molar-refractivity contribution in [3.05, 3.63) is 16.9 Å². The summed E-state index contributed by atoms with van der Waals surface area (Å²) in [6.45, 7) is 2.27. The first-order valence-corrected chi connectivity index (χ1v) is 5.30. The van der Waals surface area contributed by atoms with E-state index in [2.05, 4.69) is 33.1 Å². The van der Waals surface area contributed by atoms with Crippen molar-refractivity contribution in [1.29, 1.82) is 0 Å². The van der Waals surface area contributed by atoms with Gasteiger partial charge >= 0.3 is 0 Å². The Hall–Kier alpha value is -0.640. The first kappa shape index (κ1) is 8.94. The van der Waals surface area contributed by atoms with Gasteiger partial charge < -0.3 is 0 Å². The van der Waals surface area contributed by atoms with E-state index in [4.69, 9.17) is 0 Å². The maximum atomic E-state index is 4.42. The summed E-state index contributed by atoms with van der Waals surface area (Å²) >= 11 is 3.34. The molecular weight excluding hydrogens is 230 g/mol. The molecule has 0 amide bonds. The molecule has 2 rings (SSSR count). The van der Waals surface area contributed by atoms with Gasteiger partial charge in [0, 0.05) is 5.71 Å². The zero-order valence-corrected chi connectivity index (χ0v) is 9.16. The minimum absolute atomic E-state index is 0.790. The largest absolute Gasteiger partial charge is 0.160 e. The lowest BCUT2D eigenvalue weighted by Gasteiger charge is -1.95. The lowest BCUT2D eigenvalue weighted by atomic mass is 10.1. The molecule has 0 aliphatic heterocycles. The van der Waals surface area contributed by atoms with Crippen LogP contribution in [0.3, 0.4) is 0 Å². The highest BCUT2D eigenvalue weighted by atomic mass is 79.9. The van der Waals surface area contributed by atoms with Gasteiger partial charge in [-0.2, -0.15) is 15.0 Å². The lowest BCUT2D eigenvalue weighted by Crippen LogP contribution is -1.97. The van der Waals surface area contributed by atoms with Gasteiger partial charge in [0.1, 0.15) is 0 Å². The predicted octanol–water partition coefficient (Wildman–Crippen LogP) is 2.67. The molecule has 0 radical (unpaired) electrons. The van der Waals surface area contributed by atoms with Gasteiger partial charge in [0.05, 0.1) is 16.9 Å². The molecule has 1 aliphatic rings. The van der Waals surface area contributed by atoms with Crippen molar-refractivity contribution in [2.45, 2.75) is 26.2 Å². The second kappa shape index (κ2) is 3.62. The molecule has 1 unspecified atom stereocenters. The molecule has 0 bridgehead atoms. The molecule has 0 N–H and O–H groups in total. The van der Waals surface area contributed by atoms with E-state index in [1.165, 1.54) is 12.1 Å². The molecule has 4 heteroatoms. The Bertz CT molecular complexity index is 329. The molecule has 1 fully saturated rings. The highest BCUT2D eigenvalue weighted by molar-refractivity contribution is 9.10. The van der Waals surface area contributed by atoms with Gasteiger partial charge in [-0.05, 0) is 41.1 Å². The molecule has 0 aromatic carbocycles. The van der Waals surface area contributed by atoms with Crippen molar-refractivity contribution in [3.8, 4) is 0 Å². The van der Waals surface area contributed by atoms with Crippen molar-refractivity contribution >= 4 is 21.6 Å². The lowest BCUT2D eigenvalue weighted by molar-refractivity contribution is 0.622. The minimum Gasteiger partial charge on any atom is -0.160 e. The molecule has 1 aromatic rings. The Labute approximate surface area is 86.0 Å². The zero-order valence-electron chi connectivity index (χ0n) is 7.57. The molecule has 1 aliphatic carbocycles. The second-order valence-corrected chi connectivity index (χ2v) is 4.51. The van der Waals surface area contributed by atoms with Gasteiger partial charge in [0.25, 0.3) is 0 Å². The summed E-state index contributed by atoms with van der Waals surface area (Å²) < 4.78 is 0.975. The Morgan fingerprint density at radius 2 is 2.54 bits per heavy atom. The third-order valence-corrected chi connectivity index (χ3v) is 2.70. The topological polar surface area (TPSA) is 30.2 Å². The first-order chi connectivity index (χ1) is 6.24. The molecule has 0 spiro atoms. The van der Waals surface area contributed by atoms with Crippen molar-refractivity contribution in [2.75, 3.05) is 0 Å². The van der Waals surface area contributed by atoms with Gasteiger partial charge in [-0.1, -0.05) is 6.92 Å². The summed E-state index contributed by atoms with van der Waals surface area (Å²) in [4.78, 5) is 1.64. The van der Waals surface area contributed by atoms with E-state index in [9.17, 15) is 0 Å². The minimum atomic E-state index is 0.790. The van der Waals surface area contributed by atoms with Gasteiger partial charge in [0.15, 0.2) is 0 Å². The van der Waals surface area contributed by atoms with E-state index in [-0.39, 0.29) is 0 Å². The van der Waals surface area contributed by atoms with Gasteiger partial charge in [-0.25, -0.2) is 0 Å².